The maximum Gasteiger partial charge on any atom is 0.410 e. The SMILES string of the molecule is COC(C)[C@@H]1CCCN1C(=O)OC(C)(C)C. The van der Waals surface area contributed by atoms with Gasteiger partial charge in [0.1, 0.15) is 5.60 Å². The second-order valence-electron chi connectivity index (χ2n) is 5.32. The van der Waals surface area contributed by atoms with Gasteiger partial charge in [-0.25, -0.2) is 4.79 Å². The van der Waals surface area contributed by atoms with Crippen molar-refractivity contribution in [2.24, 2.45) is 0 Å². The second kappa shape index (κ2) is 5.04. The molecular formula is C12H23NO3. The summed E-state index contributed by atoms with van der Waals surface area (Å²) in [6.07, 6.45) is 1.86. The molecule has 0 aromatic heterocycles. The van der Waals surface area contributed by atoms with Crippen molar-refractivity contribution in [3.05, 3.63) is 0 Å². The average Bonchev–Trinajstić information content (AvgIpc) is 2.62. The predicted molar refractivity (Wildman–Crippen MR) is 62.4 cm³/mol. The highest BCUT2D eigenvalue weighted by molar-refractivity contribution is 5.69. The zero-order valence-electron chi connectivity index (χ0n) is 10.9. The van der Waals surface area contributed by atoms with E-state index in [0.29, 0.717) is 0 Å². The lowest BCUT2D eigenvalue weighted by atomic mass is 10.1. The molecule has 16 heavy (non-hydrogen) atoms. The van der Waals surface area contributed by atoms with Gasteiger partial charge in [-0.15, -0.1) is 0 Å². The molecule has 2 atom stereocenters. The molecule has 0 aromatic rings. The molecule has 94 valence electrons. The first-order valence-electron chi connectivity index (χ1n) is 5.87. The molecule has 1 amide bonds. The first-order valence-corrected chi connectivity index (χ1v) is 5.87. The number of methoxy groups -OCH3 is 1. The van der Waals surface area contributed by atoms with Crippen LogP contribution in [0.3, 0.4) is 0 Å². The molecule has 1 fully saturated rings. The van der Waals surface area contributed by atoms with E-state index in [9.17, 15) is 4.79 Å². The van der Waals surface area contributed by atoms with Crippen molar-refractivity contribution in [1.29, 1.82) is 0 Å². The minimum atomic E-state index is -0.430. The largest absolute Gasteiger partial charge is 0.444 e. The summed E-state index contributed by atoms with van der Waals surface area (Å²) in [4.78, 5) is 13.7. The molecular weight excluding hydrogens is 206 g/mol. The smallest absolute Gasteiger partial charge is 0.410 e. The van der Waals surface area contributed by atoms with E-state index in [1.165, 1.54) is 0 Å². The first kappa shape index (κ1) is 13.3. The Labute approximate surface area is 97.9 Å². The number of rotatable bonds is 2. The Balaban J connectivity index is 2.61. The van der Waals surface area contributed by atoms with Gasteiger partial charge >= 0.3 is 6.09 Å². The Morgan fingerprint density at radius 3 is 2.56 bits per heavy atom. The van der Waals surface area contributed by atoms with Crippen LogP contribution >= 0.6 is 0 Å². The topological polar surface area (TPSA) is 38.8 Å². The maximum absolute atomic E-state index is 11.9. The Hall–Kier alpha value is -0.770. The zero-order valence-corrected chi connectivity index (χ0v) is 10.9. The average molecular weight is 229 g/mol. The Bertz CT molecular complexity index is 247. The zero-order chi connectivity index (χ0) is 12.3. The third-order valence-electron chi connectivity index (χ3n) is 2.84. The number of ether oxygens (including phenoxy) is 2. The van der Waals surface area contributed by atoms with E-state index < -0.39 is 5.60 Å². The van der Waals surface area contributed by atoms with Gasteiger partial charge in [-0.05, 0) is 40.5 Å². The lowest BCUT2D eigenvalue weighted by Gasteiger charge is -2.31. The van der Waals surface area contributed by atoms with Gasteiger partial charge < -0.3 is 14.4 Å². The van der Waals surface area contributed by atoms with Crippen LogP contribution in [0.15, 0.2) is 0 Å². The monoisotopic (exact) mass is 229 g/mol. The fraction of sp³-hybridized carbons (Fsp3) is 0.917. The highest BCUT2D eigenvalue weighted by Gasteiger charge is 2.35. The third kappa shape index (κ3) is 3.37. The van der Waals surface area contributed by atoms with Crippen molar-refractivity contribution in [2.45, 2.75) is 58.3 Å². The summed E-state index contributed by atoms with van der Waals surface area (Å²) in [7, 11) is 1.68. The van der Waals surface area contributed by atoms with Gasteiger partial charge in [-0.3, -0.25) is 0 Å². The predicted octanol–water partition coefficient (Wildman–Crippen LogP) is 2.42. The summed E-state index contributed by atoms with van der Waals surface area (Å²) in [6.45, 7) is 8.42. The van der Waals surface area contributed by atoms with Gasteiger partial charge in [0.15, 0.2) is 0 Å². The maximum atomic E-state index is 11.9. The van der Waals surface area contributed by atoms with E-state index in [2.05, 4.69) is 0 Å². The van der Waals surface area contributed by atoms with Crippen molar-refractivity contribution in [3.63, 3.8) is 0 Å². The van der Waals surface area contributed by atoms with Crippen LogP contribution < -0.4 is 0 Å². The van der Waals surface area contributed by atoms with Crippen molar-refractivity contribution < 1.29 is 14.3 Å². The number of hydrogen-bond acceptors (Lipinski definition) is 3. The lowest BCUT2D eigenvalue weighted by molar-refractivity contribution is -0.000589. The second-order valence-corrected chi connectivity index (χ2v) is 5.32. The van der Waals surface area contributed by atoms with Gasteiger partial charge in [0.25, 0.3) is 0 Å². The van der Waals surface area contributed by atoms with Crippen LogP contribution in [0, 0.1) is 0 Å². The molecule has 4 heteroatoms. The number of carbonyl (C=O) groups excluding carboxylic acids is 1. The minimum absolute atomic E-state index is 0.0648. The molecule has 1 aliphatic heterocycles. The van der Waals surface area contributed by atoms with E-state index in [1.807, 2.05) is 27.7 Å². The number of amides is 1. The molecule has 4 nitrogen and oxygen atoms in total. The van der Waals surface area contributed by atoms with Gasteiger partial charge in [0.05, 0.1) is 12.1 Å². The van der Waals surface area contributed by atoms with Crippen molar-refractivity contribution >= 4 is 6.09 Å². The third-order valence-corrected chi connectivity index (χ3v) is 2.84. The molecule has 0 bridgehead atoms. The van der Waals surface area contributed by atoms with E-state index in [-0.39, 0.29) is 18.2 Å². The molecule has 1 rings (SSSR count). The fourth-order valence-electron chi connectivity index (χ4n) is 1.98. The van der Waals surface area contributed by atoms with E-state index in [0.717, 1.165) is 19.4 Å². The van der Waals surface area contributed by atoms with E-state index in [4.69, 9.17) is 9.47 Å². The highest BCUT2D eigenvalue weighted by atomic mass is 16.6. The molecule has 0 N–H and O–H groups in total. The molecule has 1 saturated heterocycles. The van der Waals surface area contributed by atoms with Crippen LogP contribution in [0.4, 0.5) is 4.79 Å². The fourth-order valence-corrected chi connectivity index (χ4v) is 1.98. The van der Waals surface area contributed by atoms with Gasteiger partial charge in [-0.2, -0.15) is 0 Å². The minimum Gasteiger partial charge on any atom is -0.444 e. The molecule has 0 spiro atoms. The van der Waals surface area contributed by atoms with Crippen LogP contribution in [0.5, 0.6) is 0 Å². The summed E-state index contributed by atoms with van der Waals surface area (Å²) >= 11 is 0. The quantitative estimate of drug-likeness (QED) is 0.730. The van der Waals surface area contributed by atoms with Gasteiger partial charge in [-0.1, -0.05) is 0 Å². The summed E-state index contributed by atoms with van der Waals surface area (Å²) < 4.78 is 10.7. The standard InChI is InChI=1S/C12H23NO3/c1-9(15-5)10-7-6-8-13(10)11(14)16-12(2,3)4/h9-10H,6-8H2,1-5H3/t9?,10-/m0/s1. The van der Waals surface area contributed by atoms with Crippen molar-refractivity contribution in [2.75, 3.05) is 13.7 Å². The molecule has 1 aliphatic rings. The number of likely N-dealkylation sites (tertiary alicyclic amines) is 1. The van der Waals surface area contributed by atoms with Gasteiger partial charge in [0, 0.05) is 13.7 Å². The summed E-state index contributed by atoms with van der Waals surface area (Å²) in [6, 6.07) is 0.153. The van der Waals surface area contributed by atoms with Crippen LogP contribution in [0.2, 0.25) is 0 Å². The summed E-state index contributed by atoms with van der Waals surface area (Å²) in [5.41, 5.74) is -0.430. The Morgan fingerprint density at radius 2 is 2.06 bits per heavy atom. The molecule has 0 radical (unpaired) electrons. The molecule has 0 saturated carbocycles. The van der Waals surface area contributed by atoms with E-state index >= 15 is 0 Å². The lowest BCUT2D eigenvalue weighted by Crippen LogP contribution is -2.44. The van der Waals surface area contributed by atoms with E-state index in [1.54, 1.807) is 12.0 Å². The van der Waals surface area contributed by atoms with Crippen molar-refractivity contribution in [3.8, 4) is 0 Å². The molecule has 0 aromatic carbocycles. The summed E-state index contributed by atoms with van der Waals surface area (Å²) in [5.74, 6) is 0. The first-order chi connectivity index (χ1) is 7.35. The normalized spacial score (nSPS) is 23.3. The summed E-state index contributed by atoms with van der Waals surface area (Å²) in [5, 5.41) is 0. The van der Waals surface area contributed by atoms with Crippen molar-refractivity contribution in [1.82, 2.24) is 4.90 Å². The number of carbonyl (C=O) groups is 1. The van der Waals surface area contributed by atoms with Crippen LogP contribution in [-0.4, -0.2) is 42.4 Å². The van der Waals surface area contributed by atoms with Crippen LogP contribution in [0.1, 0.15) is 40.5 Å². The number of nitrogens with zero attached hydrogens (tertiary/aromatic N) is 1. The van der Waals surface area contributed by atoms with Crippen LogP contribution in [0.25, 0.3) is 0 Å². The van der Waals surface area contributed by atoms with Crippen LogP contribution in [-0.2, 0) is 9.47 Å². The Morgan fingerprint density at radius 1 is 1.44 bits per heavy atom. The highest BCUT2D eigenvalue weighted by Crippen LogP contribution is 2.23. The number of hydrogen-bond donors (Lipinski definition) is 0. The molecule has 1 unspecified atom stereocenters. The molecule has 0 aliphatic carbocycles. The molecule has 1 heterocycles. The van der Waals surface area contributed by atoms with Gasteiger partial charge in [0.2, 0.25) is 0 Å². The Kier molecular flexibility index (Phi) is 4.19.